The summed E-state index contributed by atoms with van der Waals surface area (Å²) in [5, 5.41) is 26.5. The van der Waals surface area contributed by atoms with Crippen LogP contribution in [0.5, 0.6) is 5.75 Å². The first-order chi connectivity index (χ1) is 16.9. The van der Waals surface area contributed by atoms with Gasteiger partial charge in [-0.3, -0.25) is 4.79 Å². The summed E-state index contributed by atoms with van der Waals surface area (Å²) in [6.07, 6.45) is 1.35. The highest BCUT2D eigenvalue weighted by Gasteiger charge is 2.21. The van der Waals surface area contributed by atoms with Crippen molar-refractivity contribution in [3.63, 3.8) is 0 Å². The van der Waals surface area contributed by atoms with Gasteiger partial charge < -0.3 is 26.6 Å². The zero-order valence-corrected chi connectivity index (χ0v) is 21.3. The van der Waals surface area contributed by atoms with Gasteiger partial charge in [0.25, 0.3) is 5.91 Å². The van der Waals surface area contributed by atoms with Crippen molar-refractivity contribution in [3.05, 3.63) is 77.5 Å². The lowest BCUT2D eigenvalue weighted by atomic mass is 9.93. The molecule has 0 bridgehead atoms. The molecule has 0 aliphatic carbocycles. The fourth-order valence-electron chi connectivity index (χ4n) is 3.67. The zero-order valence-electron chi connectivity index (χ0n) is 20.5. The Morgan fingerprint density at radius 3 is 2.56 bits per heavy atom. The van der Waals surface area contributed by atoms with Crippen LogP contribution < -0.4 is 16.4 Å². The maximum absolute atomic E-state index is 12.9. The number of pyridine rings is 1. The molecule has 0 fully saturated rings. The number of nitrogens with two attached hydrogens (primary N) is 1. The fourth-order valence-corrected chi connectivity index (χ4v) is 4.58. The van der Waals surface area contributed by atoms with E-state index >= 15 is 0 Å². The minimum absolute atomic E-state index is 0.0214. The van der Waals surface area contributed by atoms with Gasteiger partial charge in [0.1, 0.15) is 11.6 Å². The van der Waals surface area contributed by atoms with E-state index in [1.807, 2.05) is 19.9 Å². The SMILES string of the molecule is CCS(=O)(=O)c1ccc(O)c(NC(=O)c2cccc(CC(C)(C)NC[C@H](O)c3ccc(N)nc3)c2)c1. The summed E-state index contributed by atoms with van der Waals surface area (Å²) in [6.45, 7) is 5.81. The molecule has 0 aliphatic rings. The summed E-state index contributed by atoms with van der Waals surface area (Å²) < 4.78 is 24.3. The quantitative estimate of drug-likeness (QED) is 0.260. The number of phenols is 1. The van der Waals surface area contributed by atoms with E-state index in [2.05, 4.69) is 15.6 Å². The molecule has 2 aromatic carbocycles. The van der Waals surface area contributed by atoms with Gasteiger partial charge in [-0.15, -0.1) is 0 Å². The van der Waals surface area contributed by atoms with Crippen LogP contribution in [0.3, 0.4) is 0 Å². The number of aliphatic hydroxyl groups excluding tert-OH is 1. The molecule has 36 heavy (non-hydrogen) atoms. The molecule has 0 radical (unpaired) electrons. The molecule has 10 heteroatoms. The lowest BCUT2D eigenvalue weighted by Crippen LogP contribution is -2.43. The normalized spacial score (nSPS) is 12.8. The van der Waals surface area contributed by atoms with Crippen LogP contribution in [-0.4, -0.2) is 47.4 Å². The molecule has 9 nitrogen and oxygen atoms in total. The van der Waals surface area contributed by atoms with E-state index < -0.39 is 27.4 Å². The number of β-amino-alcohol motifs (C(OH)–C–C–N with tert-alkyl or cyclic N) is 1. The van der Waals surface area contributed by atoms with Crippen molar-refractivity contribution in [2.75, 3.05) is 23.3 Å². The molecule has 6 N–H and O–H groups in total. The molecule has 0 saturated heterocycles. The number of nitrogen functional groups attached to an aromatic ring is 1. The van der Waals surface area contributed by atoms with Crippen LogP contribution >= 0.6 is 0 Å². The number of benzene rings is 2. The van der Waals surface area contributed by atoms with Crippen molar-refractivity contribution in [2.24, 2.45) is 0 Å². The summed E-state index contributed by atoms with van der Waals surface area (Å²) >= 11 is 0. The molecule has 0 saturated carbocycles. The van der Waals surface area contributed by atoms with Gasteiger partial charge >= 0.3 is 0 Å². The highest BCUT2D eigenvalue weighted by atomic mass is 32.2. The van der Waals surface area contributed by atoms with Crippen LogP contribution in [0.25, 0.3) is 0 Å². The third kappa shape index (κ3) is 7.03. The largest absolute Gasteiger partial charge is 0.506 e. The molecule has 1 heterocycles. The number of anilines is 2. The Morgan fingerprint density at radius 2 is 1.89 bits per heavy atom. The van der Waals surface area contributed by atoms with Gasteiger partial charge in [-0.2, -0.15) is 0 Å². The Labute approximate surface area is 211 Å². The number of nitrogens with zero attached hydrogens (tertiary/aromatic N) is 1. The van der Waals surface area contributed by atoms with Gasteiger partial charge in [0.2, 0.25) is 0 Å². The van der Waals surface area contributed by atoms with Crippen LogP contribution in [0.2, 0.25) is 0 Å². The monoisotopic (exact) mass is 512 g/mol. The van der Waals surface area contributed by atoms with Crippen molar-refractivity contribution in [3.8, 4) is 5.75 Å². The van der Waals surface area contributed by atoms with Crippen molar-refractivity contribution in [2.45, 2.75) is 43.7 Å². The maximum Gasteiger partial charge on any atom is 0.255 e. The first kappa shape index (κ1) is 27.1. The standard InChI is InChI=1S/C26H32N4O5S/c1-4-36(34,35)20-9-10-22(31)21(13-20)30-25(33)18-7-5-6-17(12-18)14-26(2,3)29-16-23(32)19-8-11-24(27)28-15-19/h5-13,15,23,29,31-32H,4,14,16H2,1-3H3,(H2,27,28)(H,30,33)/t23-/m0/s1. The average Bonchev–Trinajstić information content (AvgIpc) is 2.84. The third-order valence-electron chi connectivity index (χ3n) is 5.76. The Kier molecular flexibility index (Phi) is 8.34. The third-order valence-corrected chi connectivity index (χ3v) is 7.49. The average molecular weight is 513 g/mol. The van der Waals surface area contributed by atoms with Crippen LogP contribution in [0.15, 0.2) is 65.7 Å². The Morgan fingerprint density at radius 1 is 1.14 bits per heavy atom. The lowest BCUT2D eigenvalue weighted by molar-refractivity contribution is 0.102. The molecule has 1 amide bonds. The number of carbonyl (C=O) groups excluding carboxylic acids is 1. The predicted octanol–water partition coefficient (Wildman–Crippen LogP) is 3.06. The van der Waals surface area contributed by atoms with Crippen molar-refractivity contribution in [1.82, 2.24) is 10.3 Å². The summed E-state index contributed by atoms with van der Waals surface area (Å²) in [5.74, 6) is -0.410. The Bertz CT molecular complexity index is 1320. The second kappa shape index (κ2) is 11.1. The van der Waals surface area contributed by atoms with Crippen molar-refractivity contribution >= 4 is 27.2 Å². The minimum atomic E-state index is -3.49. The smallest absolute Gasteiger partial charge is 0.255 e. The lowest BCUT2D eigenvalue weighted by Gasteiger charge is -2.28. The Hall–Kier alpha value is -3.47. The number of rotatable bonds is 10. The van der Waals surface area contributed by atoms with Gasteiger partial charge in [-0.1, -0.05) is 25.1 Å². The number of carbonyl (C=O) groups is 1. The van der Waals surface area contributed by atoms with E-state index in [1.54, 1.807) is 36.5 Å². The predicted molar refractivity (Wildman–Crippen MR) is 140 cm³/mol. The van der Waals surface area contributed by atoms with E-state index in [-0.39, 0.29) is 22.1 Å². The number of aliphatic hydroxyl groups is 1. The van der Waals surface area contributed by atoms with Crippen LogP contribution in [0.4, 0.5) is 11.5 Å². The van der Waals surface area contributed by atoms with E-state index in [0.29, 0.717) is 29.9 Å². The number of phenolic OH excluding ortho intramolecular Hbond substituents is 1. The zero-order chi connectivity index (χ0) is 26.5. The highest BCUT2D eigenvalue weighted by Crippen LogP contribution is 2.27. The van der Waals surface area contributed by atoms with E-state index in [1.165, 1.54) is 25.1 Å². The first-order valence-corrected chi connectivity index (χ1v) is 13.2. The molecule has 1 atom stereocenters. The molecule has 3 rings (SSSR count). The summed E-state index contributed by atoms with van der Waals surface area (Å²) in [6, 6.07) is 14.2. The molecular formula is C26H32N4O5S. The van der Waals surface area contributed by atoms with Crippen molar-refractivity contribution in [1.29, 1.82) is 0 Å². The molecule has 0 spiro atoms. The summed E-state index contributed by atoms with van der Waals surface area (Å²) in [7, 11) is -3.49. The number of nitrogens with one attached hydrogen (secondary N) is 2. The fraction of sp³-hybridized carbons (Fsp3) is 0.308. The van der Waals surface area contributed by atoms with Gasteiger partial charge in [0, 0.05) is 29.4 Å². The number of hydrogen-bond acceptors (Lipinski definition) is 8. The molecule has 3 aromatic rings. The number of sulfone groups is 1. The van der Waals surface area contributed by atoms with Gasteiger partial charge in [0.05, 0.1) is 22.4 Å². The van der Waals surface area contributed by atoms with Crippen LogP contribution in [-0.2, 0) is 16.3 Å². The maximum atomic E-state index is 12.9. The highest BCUT2D eigenvalue weighted by molar-refractivity contribution is 7.91. The second-order valence-electron chi connectivity index (χ2n) is 9.21. The second-order valence-corrected chi connectivity index (χ2v) is 11.5. The van der Waals surface area contributed by atoms with Gasteiger partial charge in [-0.25, -0.2) is 13.4 Å². The van der Waals surface area contributed by atoms with Crippen molar-refractivity contribution < 1.29 is 23.4 Å². The number of aromatic hydroxyl groups is 1. The molecule has 0 aliphatic heterocycles. The van der Waals surface area contributed by atoms with E-state index in [9.17, 15) is 23.4 Å². The molecule has 0 unspecified atom stereocenters. The Balaban J connectivity index is 1.67. The number of hydrogen-bond donors (Lipinski definition) is 5. The van der Waals surface area contributed by atoms with Crippen LogP contribution in [0, 0.1) is 0 Å². The molecular weight excluding hydrogens is 480 g/mol. The van der Waals surface area contributed by atoms with E-state index in [0.717, 1.165) is 5.56 Å². The van der Waals surface area contributed by atoms with Crippen LogP contribution in [0.1, 0.15) is 48.4 Å². The molecule has 1 aromatic heterocycles. The summed E-state index contributed by atoms with van der Waals surface area (Å²) in [4.78, 5) is 16.9. The number of aromatic nitrogens is 1. The van der Waals surface area contributed by atoms with Gasteiger partial charge in [0.15, 0.2) is 9.84 Å². The van der Waals surface area contributed by atoms with E-state index in [4.69, 9.17) is 5.73 Å². The van der Waals surface area contributed by atoms with Gasteiger partial charge in [-0.05, 0) is 62.2 Å². The minimum Gasteiger partial charge on any atom is -0.506 e. The topological polar surface area (TPSA) is 155 Å². The summed E-state index contributed by atoms with van der Waals surface area (Å²) in [5.41, 5.74) is 7.12. The first-order valence-electron chi connectivity index (χ1n) is 11.5. The molecule has 192 valence electrons. The number of amides is 1.